The van der Waals surface area contributed by atoms with Crippen molar-refractivity contribution in [3.63, 3.8) is 0 Å². The molecule has 2 atom stereocenters. The molecule has 0 aliphatic heterocycles. The molecule has 0 spiro atoms. The SMILES string of the molecule is CCC(C)c1ccccc1NC(=O)C(C)OC(=O)CNC(=O)c1ccccc1C. The van der Waals surface area contributed by atoms with Gasteiger partial charge in [-0.1, -0.05) is 50.2 Å². The van der Waals surface area contributed by atoms with Crippen molar-refractivity contribution in [1.29, 1.82) is 0 Å². The third-order valence-electron chi connectivity index (χ3n) is 4.82. The molecule has 0 saturated heterocycles. The van der Waals surface area contributed by atoms with E-state index in [1.165, 1.54) is 6.92 Å². The number of amides is 2. The van der Waals surface area contributed by atoms with Crippen molar-refractivity contribution in [1.82, 2.24) is 5.32 Å². The Morgan fingerprint density at radius 3 is 2.34 bits per heavy atom. The smallest absolute Gasteiger partial charge is 0.326 e. The molecule has 2 aromatic rings. The van der Waals surface area contributed by atoms with Gasteiger partial charge in [-0.3, -0.25) is 14.4 Å². The van der Waals surface area contributed by atoms with Crippen LogP contribution in [0.3, 0.4) is 0 Å². The van der Waals surface area contributed by atoms with Crippen LogP contribution >= 0.6 is 0 Å². The van der Waals surface area contributed by atoms with Gasteiger partial charge in [-0.15, -0.1) is 0 Å². The van der Waals surface area contributed by atoms with Gasteiger partial charge in [-0.05, 0) is 49.4 Å². The number of para-hydroxylation sites is 1. The molecule has 2 amide bonds. The molecule has 2 rings (SSSR count). The molecule has 0 radical (unpaired) electrons. The lowest BCUT2D eigenvalue weighted by atomic mass is 9.97. The summed E-state index contributed by atoms with van der Waals surface area (Å²) < 4.78 is 5.16. The summed E-state index contributed by atoms with van der Waals surface area (Å²) >= 11 is 0. The fourth-order valence-corrected chi connectivity index (χ4v) is 2.86. The summed E-state index contributed by atoms with van der Waals surface area (Å²) in [6.07, 6.45) is -0.0410. The van der Waals surface area contributed by atoms with E-state index in [0.717, 1.165) is 17.5 Å². The van der Waals surface area contributed by atoms with Crippen LogP contribution in [0.5, 0.6) is 0 Å². The second-order valence-corrected chi connectivity index (χ2v) is 7.02. The first kappa shape index (κ1) is 22.1. The second kappa shape index (κ2) is 10.4. The Bertz CT molecular complexity index is 879. The lowest BCUT2D eigenvalue weighted by Gasteiger charge is -2.18. The van der Waals surface area contributed by atoms with E-state index >= 15 is 0 Å². The van der Waals surface area contributed by atoms with E-state index in [1.54, 1.807) is 12.1 Å². The highest BCUT2D eigenvalue weighted by Crippen LogP contribution is 2.26. The van der Waals surface area contributed by atoms with E-state index in [0.29, 0.717) is 17.2 Å². The molecule has 29 heavy (non-hydrogen) atoms. The first-order valence-corrected chi connectivity index (χ1v) is 9.76. The van der Waals surface area contributed by atoms with Gasteiger partial charge >= 0.3 is 5.97 Å². The average Bonchev–Trinajstić information content (AvgIpc) is 2.72. The maximum absolute atomic E-state index is 12.4. The standard InChI is InChI=1S/C23H28N2O4/c1-5-15(2)18-11-8-9-13-20(18)25-22(27)17(4)29-21(26)14-24-23(28)19-12-7-6-10-16(19)3/h6-13,15,17H,5,14H2,1-4H3,(H,24,28)(H,25,27). The lowest BCUT2D eigenvalue weighted by Crippen LogP contribution is -2.36. The average molecular weight is 396 g/mol. The van der Waals surface area contributed by atoms with Gasteiger partial charge in [0.25, 0.3) is 11.8 Å². The first-order chi connectivity index (χ1) is 13.8. The van der Waals surface area contributed by atoms with Crippen molar-refractivity contribution in [3.8, 4) is 0 Å². The fourth-order valence-electron chi connectivity index (χ4n) is 2.86. The number of esters is 1. The number of hydrogen-bond acceptors (Lipinski definition) is 4. The highest BCUT2D eigenvalue weighted by atomic mass is 16.5. The first-order valence-electron chi connectivity index (χ1n) is 9.76. The highest BCUT2D eigenvalue weighted by Gasteiger charge is 2.20. The summed E-state index contributed by atoms with van der Waals surface area (Å²) in [5.41, 5.74) is 3.05. The molecule has 0 aliphatic rings. The Labute approximate surface area is 171 Å². The van der Waals surface area contributed by atoms with Crippen molar-refractivity contribution < 1.29 is 19.1 Å². The van der Waals surface area contributed by atoms with Gasteiger partial charge in [-0.25, -0.2) is 0 Å². The number of ether oxygens (including phenoxy) is 1. The molecule has 154 valence electrons. The Morgan fingerprint density at radius 2 is 1.66 bits per heavy atom. The number of benzene rings is 2. The minimum absolute atomic E-state index is 0.293. The highest BCUT2D eigenvalue weighted by molar-refractivity contribution is 5.98. The molecule has 2 aromatic carbocycles. The third-order valence-corrected chi connectivity index (χ3v) is 4.82. The predicted molar refractivity (Wildman–Crippen MR) is 113 cm³/mol. The van der Waals surface area contributed by atoms with Crippen molar-refractivity contribution in [2.24, 2.45) is 0 Å². The van der Waals surface area contributed by atoms with Gasteiger partial charge in [-0.2, -0.15) is 0 Å². The van der Waals surface area contributed by atoms with Crippen LogP contribution in [0.25, 0.3) is 0 Å². The van der Waals surface area contributed by atoms with E-state index in [1.807, 2.05) is 43.3 Å². The van der Waals surface area contributed by atoms with Crippen LogP contribution in [0.1, 0.15) is 54.6 Å². The van der Waals surface area contributed by atoms with E-state index in [9.17, 15) is 14.4 Å². The minimum Gasteiger partial charge on any atom is -0.451 e. The van der Waals surface area contributed by atoms with Crippen LogP contribution in [0.2, 0.25) is 0 Å². The monoisotopic (exact) mass is 396 g/mol. The summed E-state index contributed by atoms with van der Waals surface area (Å²) in [5.74, 6) is -1.16. The van der Waals surface area contributed by atoms with Crippen LogP contribution in [0, 0.1) is 6.92 Å². The lowest BCUT2D eigenvalue weighted by molar-refractivity contribution is -0.152. The van der Waals surface area contributed by atoms with Crippen molar-refractivity contribution in [2.75, 3.05) is 11.9 Å². The number of carbonyl (C=O) groups is 3. The second-order valence-electron chi connectivity index (χ2n) is 7.02. The van der Waals surface area contributed by atoms with Gasteiger partial charge in [0.05, 0.1) is 0 Å². The third kappa shape index (κ3) is 6.17. The zero-order valence-electron chi connectivity index (χ0n) is 17.3. The van der Waals surface area contributed by atoms with E-state index < -0.39 is 18.0 Å². The molecule has 0 heterocycles. The number of anilines is 1. The van der Waals surface area contributed by atoms with E-state index in [2.05, 4.69) is 24.5 Å². The zero-order valence-corrected chi connectivity index (χ0v) is 17.3. The normalized spacial score (nSPS) is 12.6. The van der Waals surface area contributed by atoms with Gasteiger partial charge in [0.15, 0.2) is 6.10 Å². The van der Waals surface area contributed by atoms with Gasteiger partial charge in [0.2, 0.25) is 0 Å². The molecule has 6 nitrogen and oxygen atoms in total. The van der Waals surface area contributed by atoms with Crippen LogP contribution in [-0.4, -0.2) is 30.4 Å². The van der Waals surface area contributed by atoms with Gasteiger partial charge in [0.1, 0.15) is 6.54 Å². The summed E-state index contributed by atoms with van der Waals surface area (Å²) in [7, 11) is 0. The molecular weight excluding hydrogens is 368 g/mol. The largest absolute Gasteiger partial charge is 0.451 e. The van der Waals surface area contributed by atoms with Gasteiger partial charge in [0, 0.05) is 11.3 Å². The van der Waals surface area contributed by atoms with Crippen molar-refractivity contribution in [3.05, 3.63) is 65.2 Å². The molecular formula is C23H28N2O4. The fraction of sp³-hybridized carbons (Fsp3) is 0.348. The maximum atomic E-state index is 12.4. The quantitative estimate of drug-likeness (QED) is 0.665. The van der Waals surface area contributed by atoms with E-state index in [4.69, 9.17) is 4.74 Å². The van der Waals surface area contributed by atoms with Crippen LogP contribution < -0.4 is 10.6 Å². The zero-order chi connectivity index (χ0) is 21.4. The van der Waals surface area contributed by atoms with Crippen LogP contribution in [0.15, 0.2) is 48.5 Å². The molecule has 6 heteroatoms. The molecule has 0 bridgehead atoms. The topological polar surface area (TPSA) is 84.5 Å². The summed E-state index contributed by atoms with van der Waals surface area (Å²) in [5, 5.41) is 5.35. The van der Waals surface area contributed by atoms with E-state index in [-0.39, 0.29) is 12.5 Å². The molecule has 0 aliphatic carbocycles. The van der Waals surface area contributed by atoms with Crippen molar-refractivity contribution >= 4 is 23.5 Å². The number of rotatable bonds is 8. The minimum atomic E-state index is -0.983. The Hall–Kier alpha value is -3.15. The number of nitrogens with one attached hydrogen (secondary N) is 2. The number of aryl methyl sites for hydroxylation is 1. The summed E-state index contributed by atoms with van der Waals surface area (Å²) in [4.78, 5) is 36.6. The maximum Gasteiger partial charge on any atom is 0.326 e. The number of carbonyl (C=O) groups excluding carboxylic acids is 3. The van der Waals surface area contributed by atoms with Gasteiger partial charge < -0.3 is 15.4 Å². The molecule has 0 fully saturated rings. The van der Waals surface area contributed by atoms with Crippen LogP contribution in [0.4, 0.5) is 5.69 Å². The van der Waals surface area contributed by atoms with Crippen LogP contribution in [-0.2, 0) is 14.3 Å². The Morgan fingerprint density at radius 1 is 1.00 bits per heavy atom. The molecule has 2 unspecified atom stereocenters. The predicted octanol–water partition coefficient (Wildman–Crippen LogP) is 3.81. The molecule has 0 saturated carbocycles. The Balaban J connectivity index is 1.89. The Kier molecular flexibility index (Phi) is 7.95. The summed E-state index contributed by atoms with van der Waals surface area (Å²) in [6, 6.07) is 14.7. The molecule has 0 aromatic heterocycles. The van der Waals surface area contributed by atoms with Crippen molar-refractivity contribution in [2.45, 2.75) is 46.1 Å². The summed E-state index contributed by atoms with van der Waals surface area (Å²) in [6.45, 7) is 7.18. The number of hydrogen-bond donors (Lipinski definition) is 2. The molecule has 2 N–H and O–H groups in total.